The number of rotatable bonds is 6. The monoisotopic (exact) mass is 668 g/mol. The number of benzene rings is 7. The Bertz CT molecular complexity index is 2480. The molecule has 242 valence electrons. The fourth-order valence-electron chi connectivity index (χ4n) is 7.64. The summed E-state index contributed by atoms with van der Waals surface area (Å²) in [5.74, 6) is 0.716. The van der Waals surface area contributed by atoms with Gasteiger partial charge in [-0.25, -0.2) is 9.97 Å². The topological polar surface area (TPSA) is 25.8 Å². The van der Waals surface area contributed by atoms with Crippen LogP contribution >= 0.6 is 0 Å². The fraction of sp³-hybridized carbons (Fsp3) is 0.0417. The molecule has 0 radical (unpaired) electrons. The molecule has 3 heteroatoms. The number of nitrogens with zero attached hydrogens (tertiary/aromatic N) is 2. The highest BCUT2D eigenvalue weighted by Gasteiger charge is 2.38. The summed E-state index contributed by atoms with van der Waals surface area (Å²) in [6, 6.07) is 65.2. The minimum absolute atomic E-state index is 0.716. The normalized spacial score (nSPS) is 12.7. The molecule has 1 aromatic heterocycles. The van der Waals surface area contributed by atoms with Crippen molar-refractivity contribution in [2.24, 2.45) is 0 Å². The average Bonchev–Trinajstić information content (AvgIpc) is 3.44. The highest BCUT2D eigenvalue weighted by molar-refractivity contribution is 7.04. The van der Waals surface area contributed by atoms with Gasteiger partial charge in [0.2, 0.25) is 0 Å². The molecule has 0 unspecified atom stereocenters. The summed E-state index contributed by atoms with van der Waals surface area (Å²) in [6.45, 7) is 4.96. The summed E-state index contributed by atoms with van der Waals surface area (Å²) in [7, 11) is -1.74. The van der Waals surface area contributed by atoms with Gasteiger partial charge in [-0.05, 0) is 73.1 Å². The van der Waals surface area contributed by atoms with Crippen molar-refractivity contribution in [2.45, 2.75) is 13.1 Å². The van der Waals surface area contributed by atoms with E-state index in [1.807, 2.05) is 36.4 Å². The van der Waals surface area contributed by atoms with Crippen LogP contribution in [0.4, 0.5) is 0 Å². The molecule has 2 nitrogen and oxygen atoms in total. The molecule has 9 rings (SSSR count). The first-order valence-corrected chi connectivity index (χ1v) is 20.6. The molecule has 2 heterocycles. The molecule has 0 atom stereocenters. The fourth-order valence-corrected chi connectivity index (χ4v) is 10.7. The lowest BCUT2D eigenvalue weighted by molar-refractivity contribution is 1.18. The molecule has 7 aromatic carbocycles. The van der Waals surface area contributed by atoms with Gasteiger partial charge in [0.05, 0.1) is 11.4 Å². The van der Waals surface area contributed by atoms with Gasteiger partial charge in [0.1, 0.15) is 8.07 Å². The van der Waals surface area contributed by atoms with Crippen LogP contribution in [-0.4, -0.2) is 18.0 Å². The Morgan fingerprint density at radius 2 is 0.784 bits per heavy atom. The van der Waals surface area contributed by atoms with Crippen molar-refractivity contribution in [2.75, 3.05) is 0 Å². The number of hydrogen-bond donors (Lipinski definition) is 0. The summed E-state index contributed by atoms with van der Waals surface area (Å²) in [6.07, 6.45) is 0. The zero-order valence-electron chi connectivity index (χ0n) is 28.7. The highest BCUT2D eigenvalue weighted by Crippen LogP contribution is 2.38. The van der Waals surface area contributed by atoms with Crippen molar-refractivity contribution >= 4 is 18.4 Å². The largest absolute Gasteiger partial charge is 0.228 e. The second-order valence-corrected chi connectivity index (χ2v) is 18.2. The van der Waals surface area contributed by atoms with E-state index in [4.69, 9.17) is 9.97 Å². The Morgan fingerprint density at radius 1 is 0.333 bits per heavy atom. The zero-order valence-corrected chi connectivity index (χ0v) is 29.7. The lowest BCUT2D eigenvalue weighted by atomic mass is 9.92. The molecule has 0 amide bonds. The third-order valence-corrected chi connectivity index (χ3v) is 13.9. The van der Waals surface area contributed by atoms with Crippen LogP contribution in [0.3, 0.4) is 0 Å². The van der Waals surface area contributed by atoms with E-state index < -0.39 is 8.07 Å². The van der Waals surface area contributed by atoms with Crippen LogP contribution in [0.5, 0.6) is 0 Å². The predicted octanol–water partition coefficient (Wildman–Crippen LogP) is 11.3. The maximum atomic E-state index is 5.02. The molecule has 0 spiro atoms. The van der Waals surface area contributed by atoms with Crippen molar-refractivity contribution in [3.8, 4) is 78.4 Å². The van der Waals surface area contributed by atoms with E-state index in [0.717, 1.165) is 33.6 Å². The van der Waals surface area contributed by atoms with Crippen molar-refractivity contribution in [3.63, 3.8) is 0 Å². The minimum atomic E-state index is -1.74. The molecule has 1 aliphatic rings. The van der Waals surface area contributed by atoms with Crippen LogP contribution in [0.25, 0.3) is 78.4 Å². The van der Waals surface area contributed by atoms with Gasteiger partial charge < -0.3 is 0 Å². The van der Waals surface area contributed by atoms with Crippen molar-refractivity contribution < 1.29 is 0 Å². The van der Waals surface area contributed by atoms with Crippen LogP contribution in [0.1, 0.15) is 0 Å². The van der Waals surface area contributed by atoms with E-state index in [1.165, 1.54) is 49.3 Å². The summed E-state index contributed by atoms with van der Waals surface area (Å²) in [5.41, 5.74) is 15.1. The molecule has 8 aromatic rings. The van der Waals surface area contributed by atoms with E-state index >= 15 is 0 Å². The smallest absolute Gasteiger partial charge is 0.160 e. The Hall–Kier alpha value is -6.16. The van der Waals surface area contributed by atoms with Gasteiger partial charge in [-0.15, -0.1) is 0 Å². The molecule has 0 N–H and O–H groups in total. The Morgan fingerprint density at radius 3 is 1.43 bits per heavy atom. The van der Waals surface area contributed by atoms with Crippen LogP contribution < -0.4 is 10.4 Å². The molecule has 51 heavy (non-hydrogen) atoms. The first kappa shape index (κ1) is 30.9. The van der Waals surface area contributed by atoms with Crippen LogP contribution in [0.15, 0.2) is 182 Å². The number of hydrogen-bond acceptors (Lipinski definition) is 2. The zero-order chi connectivity index (χ0) is 34.4. The SMILES string of the molecule is C[Si]1(C)c2ccccc2-c2c(-c3cccc(-c4cccc(-c5ccc(-c6nc(-c7ccccc7)cc(-c7ccccc7)n6)cc5)c4)c3)cccc21. The summed E-state index contributed by atoms with van der Waals surface area (Å²) in [5, 5.41) is 3.07. The van der Waals surface area contributed by atoms with Crippen molar-refractivity contribution in [1.29, 1.82) is 0 Å². The average molecular weight is 669 g/mol. The Labute approximate surface area is 300 Å². The molecular formula is C48H36N2Si. The molecule has 0 saturated carbocycles. The third kappa shape index (κ3) is 5.62. The maximum absolute atomic E-state index is 5.02. The third-order valence-electron chi connectivity index (χ3n) is 10.3. The Balaban J connectivity index is 1.05. The molecule has 0 bridgehead atoms. The summed E-state index contributed by atoms with van der Waals surface area (Å²) >= 11 is 0. The molecule has 0 saturated heterocycles. The van der Waals surface area contributed by atoms with E-state index in [2.05, 4.69) is 159 Å². The van der Waals surface area contributed by atoms with Crippen LogP contribution in [-0.2, 0) is 0 Å². The van der Waals surface area contributed by atoms with Gasteiger partial charge in [0.15, 0.2) is 5.82 Å². The lowest BCUT2D eigenvalue weighted by Gasteiger charge is -2.19. The second kappa shape index (κ2) is 12.6. The van der Waals surface area contributed by atoms with E-state index in [-0.39, 0.29) is 0 Å². The van der Waals surface area contributed by atoms with Gasteiger partial charge in [0, 0.05) is 16.7 Å². The van der Waals surface area contributed by atoms with E-state index in [9.17, 15) is 0 Å². The predicted molar refractivity (Wildman–Crippen MR) is 217 cm³/mol. The van der Waals surface area contributed by atoms with Crippen LogP contribution in [0.2, 0.25) is 13.1 Å². The first-order valence-electron chi connectivity index (χ1n) is 17.6. The van der Waals surface area contributed by atoms with Gasteiger partial charge in [0.25, 0.3) is 0 Å². The maximum Gasteiger partial charge on any atom is 0.160 e. The second-order valence-electron chi connectivity index (χ2n) is 13.8. The quantitative estimate of drug-likeness (QED) is 0.165. The molecular weight excluding hydrogens is 633 g/mol. The van der Waals surface area contributed by atoms with Gasteiger partial charge in [-0.3, -0.25) is 0 Å². The lowest BCUT2D eigenvalue weighted by Crippen LogP contribution is -2.49. The molecule has 0 aliphatic carbocycles. The van der Waals surface area contributed by atoms with Crippen molar-refractivity contribution in [1.82, 2.24) is 9.97 Å². The van der Waals surface area contributed by atoms with Gasteiger partial charge in [-0.2, -0.15) is 0 Å². The number of fused-ring (bicyclic) bond motifs is 3. The Kier molecular flexibility index (Phi) is 7.64. The van der Waals surface area contributed by atoms with Gasteiger partial charge in [-0.1, -0.05) is 177 Å². The number of aromatic nitrogens is 2. The van der Waals surface area contributed by atoms with Crippen LogP contribution in [0, 0.1) is 0 Å². The first-order chi connectivity index (χ1) is 25.0. The highest BCUT2D eigenvalue weighted by atomic mass is 28.3. The standard InChI is InChI=1S/C48H36N2Si/c1-51(2)45-24-10-9-22-42(45)47-41(23-13-25-46(47)51)40-21-12-20-39(31-40)38-19-11-18-37(30-38)33-26-28-36(29-27-33)48-49-43(34-14-5-3-6-15-34)32-44(50-48)35-16-7-4-8-17-35/h3-32H,1-2H3. The van der Waals surface area contributed by atoms with Crippen molar-refractivity contribution in [3.05, 3.63) is 182 Å². The van der Waals surface area contributed by atoms with Gasteiger partial charge >= 0.3 is 0 Å². The summed E-state index contributed by atoms with van der Waals surface area (Å²) in [4.78, 5) is 10.0. The van der Waals surface area contributed by atoms with E-state index in [0.29, 0.717) is 5.82 Å². The molecule has 1 aliphatic heterocycles. The molecule has 0 fully saturated rings. The summed E-state index contributed by atoms with van der Waals surface area (Å²) < 4.78 is 0. The minimum Gasteiger partial charge on any atom is -0.228 e. The van der Waals surface area contributed by atoms with E-state index in [1.54, 1.807) is 0 Å².